The van der Waals surface area contributed by atoms with E-state index in [4.69, 9.17) is 4.74 Å². The molecular weight excluding hydrogens is 198 g/mol. The topological polar surface area (TPSA) is 21.3 Å². The summed E-state index contributed by atoms with van der Waals surface area (Å²) < 4.78 is 5.52. The maximum Gasteiger partial charge on any atom is 0.122 e. The van der Waals surface area contributed by atoms with E-state index >= 15 is 0 Å². The van der Waals surface area contributed by atoms with Crippen LogP contribution in [0.3, 0.4) is 0 Å². The Morgan fingerprint density at radius 2 is 2.19 bits per heavy atom. The Morgan fingerprint density at radius 1 is 1.38 bits per heavy atom. The lowest BCUT2D eigenvalue weighted by Gasteiger charge is -2.16. The summed E-state index contributed by atoms with van der Waals surface area (Å²) in [6.45, 7) is 6.63. The standard InChI is InChI=1S/C14H21NO/c1-10(2)11-4-5-13(14(8-11)16-3)12-6-7-15-9-12/h4-5,8,10,12,15H,6-7,9H2,1-3H3. The molecule has 1 saturated heterocycles. The molecule has 2 rings (SSSR count). The second kappa shape index (κ2) is 4.88. The minimum absolute atomic E-state index is 0.560. The van der Waals surface area contributed by atoms with E-state index in [0.29, 0.717) is 11.8 Å². The first-order valence-corrected chi connectivity index (χ1v) is 6.11. The van der Waals surface area contributed by atoms with Gasteiger partial charge in [-0.2, -0.15) is 0 Å². The third-order valence-electron chi connectivity index (χ3n) is 3.42. The highest BCUT2D eigenvalue weighted by molar-refractivity contribution is 5.41. The van der Waals surface area contributed by atoms with Crippen LogP contribution in [0.15, 0.2) is 18.2 Å². The van der Waals surface area contributed by atoms with Gasteiger partial charge in [0.2, 0.25) is 0 Å². The van der Waals surface area contributed by atoms with E-state index in [1.54, 1.807) is 7.11 Å². The number of hydrogen-bond acceptors (Lipinski definition) is 2. The van der Waals surface area contributed by atoms with Gasteiger partial charge in [0.05, 0.1) is 7.11 Å². The second-order valence-electron chi connectivity index (χ2n) is 4.85. The summed E-state index contributed by atoms with van der Waals surface area (Å²) in [5, 5.41) is 3.40. The molecule has 1 atom stereocenters. The van der Waals surface area contributed by atoms with Crippen LogP contribution in [0.4, 0.5) is 0 Å². The largest absolute Gasteiger partial charge is 0.496 e. The van der Waals surface area contributed by atoms with Crippen LogP contribution in [-0.4, -0.2) is 20.2 Å². The lowest BCUT2D eigenvalue weighted by atomic mass is 9.93. The van der Waals surface area contributed by atoms with Crippen LogP contribution in [0.5, 0.6) is 5.75 Å². The molecule has 16 heavy (non-hydrogen) atoms. The van der Waals surface area contributed by atoms with Gasteiger partial charge in [0.1, 0.15) is 5.75 Å². The molecule has 0 amide bonds. The summed E-state index contributed by atoms with van der Waals surface area (Å²) >= 11 is 0. The predicted molar refractivity (Wildman–Crippen MR) is 67.3 cm³/mol. The molecule has 2 nitrogen and oxygen atoms in total. The highest BCUT2D eigenvalue weighted by Crippen LogP contribution is 2.33. The van der Waals surface area contributed by atoms with Crippen LogP contribution < -0.4 is 10.1 Å². The molecule has 1 heterocycles. The summed E-state index contributed by atoms with van der Waals surface area (Å²) in [5.41, 5.74) is 2.71. The van der Waals surface area contributed by atoms with Crippen LogP contribution in [0.1, 0.15) is 43.2 Å². The van der Waals surface area contributed by atoms with E-state index in [1.807, 2.05) is 0 Å². The molecule has 1 unspecified atom stereocenters. The first-order chi connectivity index (χ1) is 7.72. The molecule has 0 spiro atoms. The lowest BCUT2D eigenvalue weighted by molar-refractivity contribution is 0.405. The van der Waals surface area contributed by atoms with Crippen molar-refractivity contribution in [1.82, 2.24) is 5.32 Å². The number of methoxy groups -OCH3 is 1. The van der Waals surface area contributed by atoms with Gasteiger partial charge in [-0.05, 0) is 36.1 Å². The highest BCUT2D eigenvalue weighted by atomic mass is 16.5. The number of benzene rings is 1. The maximum absolute atomic E-state index is 5.52. The van der Waals surface area contributed by atoms with Gasteiger partial charge in [-0.15, -0.1) is 0 Å². The summed E-state index contributed by atoms with van der Waals surface area (Å²) in [5.74, 6) is 2.24. The normalized spacial score (nSPS) is 20.4. The van der Waals surface area contributed by atoms with E-state index in [-0.39, 0.29) is 0 Å². The van der Waals surface area contributed by atoms with Gasteiger partial charge in [0.15, 0.2) is 0 Å². The number of hydrogen-bond donors (Lipinski definition) is 1. The monoisotopic (exact) mass is 219 g/mol. The van der Waals surface area contributed by atoms with Crippen molar-refractivity contribution in [2.45, 2.75) is 32.1 Å². The first kappa shape index (κ1) is 11.5. The maximum atomic E-state index is 5.52. The molecule has 2 heteroatoms. The average molecular weight is 219 g/mol. The van der Waals surface area contributed by atoms with Gasteiger partial charge < -0.3 is 10.1 Å². The Morgan fingerprint density at radius 3 is 2.75 bits per heavy atom. The van der Waals surface area contributed by atoms with E-state index in [2.05, 4.69) is 37.4 Å². The quantitative estimate of drug-likeness (QED) is 0.844. The molecule has 1 aromatic rings. The highest BCUT2D eigenvalue weighted by Gasteiger charge is 2.20. The lowest BCUT2D eigenvalue weighted by Crippen LogP contribution is -2.09. The zero-order chi connectivity index (χ0) is 11.5. The van der Waals surface area contributed by atoms with E-state index in [1.165, 1.54) is 17.5 Å². The number of rotatable bonds is 3. The number of nitrogens with one attached hydrogen (secondary N) is 1. The van der Waals surface area contributed by atoms with Crippen molar-refractivity contribution in [3.8, 4) is 5.75 Å². The minimum Gasteiger partial charge on any atom is -0.496 e. The summed E-state index contributed by atoms with van der Waals surface area (Å²) in [7, 11) is 1.77. The van der Waals surface area contributed by atoms with E-state index < -0.39 is 0 Å². The zero-order valence-corrected chi connectivity index (χ0v) is 10.4. The predicted octanol–water partition coefficient (Wildman–Crippen LogP) is 2.90. The third-order valence-corrected chi connectivity index (χ3v) is 3.42. The Hall–Kier alpha value is -1.02. The third kappa shape index (κ3) is 2.22. The molecule has 0 bridgehead atoms. The summed E-state index contributed by atoms with van der Waals surface area (Å²) in [4.78, 5) is 0. The van der Waals surface area contributed by atoms with Crippen molar-refractivity contribution in [3.05, 3.63) is 29.3 Å². The van der Waals surface area contributed by atoms with Gasteiger partial charge in [-0.1, -0.05) is 26.0 Å². The van der Waals surface area contributed by atoms with E-state index in [0.717, 1.165) is 18.8 Å². The molecule has 0 aromatic heterocycles. The van der Waals surface area contributed by atoms with E-state index in [9.17, 15) is 0 Å². The summed E-state index contributed by atoms with van der Waals surface area (Å²) in [6.07, 6.45) is 1.22. The van der Waals surface area contributed by atoms with Crippen LogP contribution in [0.2, 0.25) is 0 Å². The van der Waals surface area contributed by atoms with Crippen LogP contribution in [0.25, 0.3) is 0 Å². The second-order valence-corrected chi connectivity index (χ2v) is 4.85. The molecular formula is C14H21NO. The van der Waals surface area contributed by atoms with Crippen molar-refractivity contribution in [3.63, 3.8) is 0 Å². The van der Waals surface area contributed by atoms with Gasteiger partial charge in [0, 0.05) is 12.5 Å². The number of ether oxygens (including phenoxy) is 1. The Kier molecular flexibility index (Phi) is 3.49. The SMILES string of the molecule is COc1cc(C(C)C)ccc1C1CCNC1. The molecule has 1 N–H and O–H groups in total. The first-order valence-electron chi connectivity index (χ1n) is 6.11. The molecule has 0 saturated carbocycles. The van der Waals surface area contributed by atoms with Crippen LogP contribution >= 0.6 is 0 Å². The van der Waals surface area contributed by atoms with Crippen molar-refractivity contribution < 1.29 is 4.74 Å². The average Bonchev–Trinajstić information content (AvgIpc) is 2.81. The van der Waals surface area contributed by atoms with Crippen molar-refractivity contribution in [1.29, 1.82) is 0 Å². The van der Waals surface area contributed by atoms with Crippen molar-refractivity contribution in [2.75, 3.05) is 20.2 Å². The van der Waals surface area contributed by atoms with Crippen molar-refractivity contribution >= 4 is 0 Å². The molecule has 0 aliphatic carbocycles. The molecule has 1 fully saturated rings. The minimum atomic E-state index is 0.560. The van der Waals surface area contributed by atoms with Crippen LogP contribution in [0, 0.1) is 0 Å². The van der Waals surface area contributed by atoms with Crippen molar-refractivity contribution in [2.24, 2.45) is 0 Å². The molecule has 0 radical (unpaired) electrons. The Balaban J connectivity index is 2.30. The smallest absolute Gasteiger partial charge is 0.122 e. The fourth-order valence-corrected chi connectivity index (χ4v) is 2.34. The van der Waals surface area contributed by atoms with Gasteiger partial charge >= 0.3 is 0 Å². The fraction of sp³-hybridized carbons (Fsp3) is 0.571. The Bertz CT molecular complexity index is 354. The Labute approximate surface area is 98.0 Å². The zero-order valence-electron chi connectivity index (χ0n) is 10.4. The van der Waals surface area contributed by atoms with Gasteiger partial charge in [0.25, 0.3) is 0 Å². The fourth-order valence-electron chi connectivity index (χ4n) is 2.34. The molecule has 88 valence electrons. The van der Waals surface area contributed by atoms with Gasteiger partial charge in [-0.25, -0.2) is 0 Å². The molecule has 1 aliphatic rings. The molecule has 1 aromatic carbocycles. The summed E-state index contributed by atoms with van der Waals surface area (Å²) in [6, 6.07) is 6.67. The van der Waals surface area contributed by atoms with Gasteiger partial charge in [-0.3, -0.25) is 0 Å². The molecule has 1 aliphatic heterocycles. The van der Waals surface area contributed by atoms with Crippen LogP contribution in [-0.2, 0) is 0 Å².